The Morgan fingerprint density at radius 1 is 1.00 bits per heavy atom. The molecule has 0 spiro atoms. The lowest BCUT2D eigenvalue weighted by atomic mass is 10.0. The van der Waals surface area contributed by atoms with E-state index in [1.54, 1.807) is 0 Å². The van der Waals surface area contributed by atoms with Gasteiger partial charge in [-0.05, 0) is 54.1 Å². The second-order valence-corrected chi connectivity index (χ2v) is 6.97. The molecule has 0 aliphatic heterocycles. The lowest BCUT2D eigenvalue weighted by molar-refractivity contribution is 0.0993. The van der Waals surface area contributed by atoms with Crippen molar-refractivity contribution in [3.63, 3.8) is 0 Å². The maximum atomic E-state index is 12.6. The third-order valence-electron chi connectivity index (χ3n) is 4.65. The minimum absolute atomic E-state index is 0.104. The summed E-state index contributed by atoms with van der Waals surface area (Å²) in [5, 5.41) is 3.26. The van der Waals surface area contributed by atoms with Crippen LogP contribution in [0, 0.1) is 0 Å². The van der Waals surface area contributed by atoms with Crippen LogP contribution in [0.1, 0.15) is 15.9 Å². The molecule has 1 aromatic heterocycles. The van der Waals surface area contributed by atoms with E-state index in [0.29, 0.717) is 12.4 Å². The minimum Gasteiger partial charge on any atom is -0.378 e. The fraction of sp³-hybridized carbons (Fsp3) is 0.130. The van der Waals surface area contributed by atoms with Crippen LogP contribution in [0.3, 0.4) is 0 Å². The molecule has 0 amide bonds. The molecule has 28 heavy (non-hydrogen) atoms. The third kappa shape index (κ3) is 3.88. The van der Waals surface area contributed by atoms with Crippen molar-refractivity contribution in [3.8, 4) is 0 Å². The number of carbonyl (C=O) groups excluding carboxylic acids is 1. The summed E-state index contributed by atoms with van der Waals surface area (Å²) in [6.45, 7) is 0. The lowest BCUT2D eigenvalue weighted by Gasteiger charge is -2.12. The molecule has 0 saturated carbocycles. The van der Waals surface area contributed by atoms with Gasteiger partial charge >= 0.3 is 0 Å². The van der Waals surface area contributed by atoms with E-state index >= 15 is 0 Å². The van der Waals surface area contributed by atoms with Crippen LogP contribution in [0.25, 0.3) is 11.0 Å². The molecule has 0 aliphatic rings. The van der Waals surface area contributed by atoms with Crippen LogP contribution >= 0.6 is 0 Å². The van der Waals surface area contributed by atoms with Crippen LogP contribution in [0.2, 0.25) is 0 Å². The molecular formula is C23H22N4O. The predicted molar refractivity (Wildman–Crippen MR) is 115 cm³/mol. The normalized spacial score (nSPS) is 10.8. The fourth-order valence-corrected chi connectivity index (χ4v) is 3.12. The molecule has 3 aromatic carbocycles. The van der Waals surface area contributed by atoms with Crippen molar-refractivity contribution in [3.05, 3.63) is 83.9 Å². The van der Waals surface area contributed by atoms with Crippen molar-refractivity contribution in [2.75, 3.05) is 24.3 Å². The summed E-state index contributed by atoms with van der Waals surface area (Å²) in [6, 6.07) is 23.5. The molecule has 0 saturated heterocycles. The first-order chi connectivity index (χ1) is 13.6. The first kappa shape index (κ1) is 17.8. The molecule has 4 rings (SSSR count). The standard InChI is InChI=1S/C23H22N4O/c1-27(2)19-11-9-17(10-12-19)22(28)15-16-8-13-20-21(14-16)26-23(25-20)24-18-6-4-3-5-7-18/h3-14H,15H2,1-2H3,(H2,24,25,26). The van der Waals surface area contributed by atoms with Crippen LogP contribution in [-0.2, 0) is 6.42 Å². The smallest absolute Gasteiger partial charge is 0.205 e. The second-order valence-electron chi connectivity index (χ2n) is 6.97. The van der Waals surface area contributed by atoms with E-state index in [9.17, 15) is 4.79 Å². The highest BCUT2D eigenvalue weighted by Crippen LogP contribution is 2.20. The summed E-state index contributed by atoms with van der Waals surface area (Å²) in [7, 11) is 3.97. The Balaban J connectivity index is 1.50. The summed E-state index contributed by atoms with van der Waals surface area (Å²) >= 11 is 0. The summed E-state index contributed by atoms with van der Waals surface area (Å²) in [5.74, 6) is 0.788. The van der Waals surface area contributed by atoms with Gasteiger partial charge in [0.05, 0.1) is 11.0 Å². The molecule has 5 nitrogen and oxygen atoms in total. The number of ketones is 1. The first-order valence-electron chi connectivity index (χ1n) is 9.20. The second kappa shape index (κ2) is 7.56. The minimum atomic E-state index is 0.104. The van der Waals surface area contributed by atoms with Crippen molar-refractivity contribution >= 4 is 34.1 Å². The molecule has 0 unspecified atom stereocenters. The number of Topliss-reactive ketones (excluding diaryl/α,β-unsaturated/α-hetero) is 1. The van der Waals surface area contributed by atoms with Crippen molar-refractivity contribution in [2.24, 2.45) is 0 Å². The van der Waals surface area contributed by atoms with E-state index in [2.05, 4.69) is 15.3 Å². The molecule has 140 valence electrons. The van der Waals surface area contributed by atoms with E-state index in [1.165, 1.54) is 0 Å². The van der Waals surface area contributed by atoms with Crippen molar-refractivity contribution in [1.82, 2.24) is 9.97 Å². The summed E-state index contributed by atoms with van der Waals surface area (Å²) < 4.78 is 0. The number of H-pyrrole nitrogens is 1. The van der Waals surface area contributed by atoms with Crippen LogP contribution in [0.5, 0.6) is 0 Å². The topological polar surface area (TPSA) is 61.0 Å². The Kier molecular flexibility index (Phi) is 4.81. The molecule has 0 fully saturated rings. The maximum Gasteiger partial charge on any atom is 0.205 e. The summed E-state index contributed by atoms with van der Waals surface area (Å²) in [4.78, 5) is 22.5. The van der Waals surface area contributed by atoms with Crippen molar-refractivity contribution in [2.45, 2.75) is 6.42 Å². The summed E-state index contributed by atoms with van der Waals surface area (Å²) in [5.41, 5.74) is 5.51. The Morgan fingerprint density at radius 2 is 1.75 bits per heavy atom. The van der Waals surface area contributed by atoms with Crippen LogP contribution < -0.4 is 10.2 Å². The van der Waals surface area contributed by atoms with Gasteiger partial charge in [0, 0.05) is 37.5 Å². The molecule has 5 heteroatoms. The molecule has 0 atom stereocenters. The Labute approximate surface area is 164 Å². The highest BCUT2D eigenvalue weighted by molar-refractivity contribution is 5.98. The van der Waals surface area contributed by atoms with Gasteiger partial charge in [-0.2, -0.15) is 0 Å². The van der Waals surface area contributed by atoms with Crippen LogP contribution in [-0.4, -0.2) is 29.8 Å². The zero-order valence-electron chi connectivity index (χ0n) is 15.9. The number of aromatic nitrogens is 2. The van der Waals surface area contributed by atoms with E-state index in [4.69, 9.17) is 0 Å². The number of nitrogens with one attached hydrogen (secondary N) is 2. The quantitative estimate of drug-likeness (QED) is 0.479. The zero-order valence-corrected chi connectivity index (χ0v) is 15.9. The van der Waals surface area contributed by atoms with E-state index in [1.807, 2.05) is 91.8 Å². The highest BCUT2D eigenvalue weighted by Gasteiger charge is 2.10. The molecule has 0 radical (unpaired) electrons. The zero-order chi connectivity index (χ0) is 19.5. The van der Waals surface area contributed by atoms with Gasteiger partial charge in [-0.1, -0.05) is 24.3 Å². The number of nitrogens with zero attached hydrogens (tertiary/aromatic N) is 2. The number of aromatic amines is 1. The number of rotatable bonds is 6. The van der Waals surface area contributed by atoms with Gasteiger partial charge < -0.3 is 15.2 Å². The van der Waals surface area contributed by atoms with E-state index in [-0.39, 0.29) is 5.78 Å². The fourth-order valence-electron chi connectivity index (χ4n) is 3.12. The maximum absolute atomic E-state index is 12.6. The Hall–Kier alpha value is -3.60. The first-order valence-corrected chi connectivity index (χ1v) is 9.20. The Morgan fingerprint density at radius 3 is 2.46 bits per heavy atom. The van der Waals surface area contributed by atoms with Gasteiger partial charge in [0.1, 0.15) is 0 Å². The van der Waals surface area contributed by atoms with E-state index in [0.717, 1.165) is 33.5 Å². The van der Waals surface area contributed by atoms with Crippen LogP contribution in [0.15, 0.2) is 72.8 Å². The van der Waals surface area contributed by atoms with Crippen molar-refractivity contribution < 1.29 is 4.79 Å². The highest BCUT2D eigenvalue weighted by atomic mass is 16.1. The molecule has 2 N–H and O–H groups in total. The number of imidazole rings is 1. The van der Waals surface area contributed by atoms with Gasteiger partial charge in [0.25, 0.3) is 0 Å². The van der Waals surface area contributed by atoms with Gasteiger partial charge in [0.15, 0.2) is 5.78 Å². The molecular weight excluding hydrogens is 348 g/mol. The average molecular weight is 370 g/mol. The SMILES string of the molecule is CN(C)c1ccc(C(=O)Cc2ccc3nc(Nc4ccccc4)[nH]c3c2)cc1. The van der Waals surface area contributed by atoms with Crippen LogP contribution in [0.4, 0.5) is 17.3 Å². The van der Waals surface area contributed by atoms with Gasteiger partial charge in [-0.15, -0.1) is 0 Å². The monoisotopic (exact) mass is 370 g/mol. The van der Waals surface area contributed by atoms with Gasteiger partial charge in [-0.25, -0.2) is 4.98 Å². The van der Waals surface area contributed by atoms with Crippen molar-refractivity contribution in [1.29, 1.82) is 0 Å². The molecule has 4 aromatic rings. The number of anilines is 3. The molecule has 0 aliphatic carbocycles. The third-order valence-corrected chi connectivity index (χ3v) is 4.65. The lowest BCUT2D eigenvalue weighted by Crippen LogP contribution is -2.09. The molecule has 1 heterocycles. The number of benzene rings is 3. The summed E-state index contributed by atoms with van der Waals surface area (Å²) in [6.07, 6.45) is 0.359. The van der Waals surface area contributed by atoms with Gasteiger partial charge in [-0.3, -0.25) is 4.79 Å². The molecule has 0 bridgehead atoms. The number of hydrogen-bond donors (Lipinski definition) is 2. The van der Waals surface area contributed by atoms with E-state index < -0.39 is 0 Å². The predicted octanol–water partition coefficient (Wildman–Crippen LogP) is 4.80. The van der Waals surface area contributed by atoms with Gasteiger partial charge in [0.2, 0.25) is 5.95 Å². The number of para-hydroxylation sites is 1. The number of carbonyl (C=O) groups is 1. The number of hydrogen-bond acceptors (Lipinski definition) is 4. The number of fused-ring (bicyclic) bond motifs is 1. The Bertz CT molecular complexity index is 1100. The average Bonchev–Trinajstić information content (AvgIpc) is 3.10. The largest absolute Gasteiger partial charge is 0.378 e.